The number of hydrogen-bond acceptors (Lipinski definition) is 4. The van der Waals surface area contributed by atoms with Gasteiger partial charge in [-0.1, -0.05) is 13.0 Å². The molecule has 5 N–H and O–H groups in total. The third kappa shape index (κ3) is 2.55. The number of rotatable bonds is 4. The topological polar surface area (TPSA) is 93.6 Å². The van der Waals surface area contributed by atoms with Crippen molar-refractivity contribution in [2.45, 2.75) is 19.4 Å². The minimum Gasteiger partial charge on any atom is -0.367 e. The van der Waals surface area contributed by atoms with Gasteiger partial charge in [0.1, 0.15) is 5.82 Å². The number of hydrogen-bond donors (Lipinski definition) is 3. The number of nitrogen functional groups attached to an aromatic ring is 1. The molecule has 0 aromatic carbocycles. The molecule has 0 saturated carbocycles. The zero-order valence-corrected chi connectivity index (χ0v) is 7.70. The van der Waals surface area contributed by atoms with Crippen LogP contribution in [0.4, 0.5) is 5.95 Å². The van der Waals surface area contributed by atoms with Gasteiger partial charge in [0, 0.05) is 0 Å². The van der Waals surface area contributed by atoms with E-state index in [1.54, 1.807) is 0 Å². The van der Waals surface area contributed by atoms with E-state index < -0.39 is 0 Å². The Bertz CT molecular complexity index is 280. The fraction of sp³-hybridized carbons (Fsp3) is 0.500. The summed E-state index contributed by atoms with van der Waals surface area (Å²) in [6.07, 6.45) is 2.65. The van der Waals surface area contributed by atoms with Crippen molar-refractivity contribution in [3.63, 3.8) is 0 Å². The van der Waals surface area contributed by atoms with Crippen LogP contribution in [0.5, 0.6) is 0 Å². The van der Waals surface area contributed by atoms with Gasteiger partial charge in [-0.25, -0.2) is 0 Å². The molecular weight excluding hydrogens is 166 g/mol. The van der Waals surface area contributed by atoms with Gasteiger partial charge in [0.2, 0.25) is 5.95 Å². The second-order valence-corrected chi connectivity index (χ2v) is 3.13. The number of nitrogens with two attached hydrogens (primary N) is 2. The normalized spacial score (nSPS) is 15.2. The first-order valence-corrected chi connectivity index (χ1v) is 4.19. The van der Waals surface area contributed by atoms with Gasteiger partial charge in [-0.05, 0) is 12.3 Å². The van der Waals surface area contributed by atoms with Gasteiger partial charge in [-0.2, -0.15) is 4.98 Å². The second kappa shape index (κ2) is 4.04. The number of aromatic nitrogens is 3. The minimum absolute atomic E-state index is 0.155. The fourth-order valence-electron chi connectivity index (χ4n) is 1.06. The van der Waals surface area contributed by atoms with Crippen LogP contribution >= 0.6 is 0 Å². The molecule has 72 valence electrons. The molecule has 0 spiro atoms. The molecule has 0 aliphatic heterocycles. The third-order valence-electron chi connectivity index (χ3n) is 1.90. The first kappa shape index (κ1) is 9.73. The number of nitrogens with zero attached hydrogens (tertiary/aromatic N) is 2. The van der Waals surface area contributed by atoms with Crippen LogP contribution in [-0.2, 0) is 0 Å². The van der Waals surface area contributed by atoms with Crippen molar-refractivity contribution in [1.29, 1.82) is 0 Å². The first-order chi connectivity index (χ1) is 6.13. The molecule has 5 heteroatoms. The molecule has 0 amide bonds. The minimum atomic E-state index is -0.155. The van der Waals surface area contributed by atoms with Crippen LogP contribution in [0.3, 0.4) is 0 Å². The fourth-order valence-corrected chi connectivity index (χ4v) is 1.06. The average molecular weight is 181 g/mol. The SMILES string of the molecule is C=CC(C)CC(N)c1nc(N)n[nH]1. The summed E-state index contributed by atoms with van der Waals surface area (Å²) < 4.78 is 0. The second-order valence-electron chi connectivity index (χ2n) is 3.13. The lowest BCUT2D eigenvalue weighted by Gasteiger charge is -2.10. The molecule has 0 aliphatic carbocycles. The van der Waals surface area contributed by atoms with E-state index >= 15 is 0 Å². The number of H-pyrrole nitrogens is 1. The van der Waals surface area contributed by atoms with Crippen molar-refractivity contribution in [3.05, 3.63) is 18.5 Å². The molecule has 0 fully saturated rings. The Balaban J connectivity index is 2.57. The molecule has 1 aromatic rings. The van der Waals surface area contributed by atoms with Gasteiger partial charge < -0.3 is 11.5 Å². The van der Waals surface area contributed by atoms with Crippen LogP contribution in [0, 0.1) is 5.92 Å². The van der Waals surface area contributed by atoms with Crippen LogP contribution < -0.4 is 11.5 Å². The van der Waals surface area contributed by atoms with E-state index in [1.165, 1.54) is 0 Å². The summed E-state index contributed by atoms with van der Waals surface area (Å²) in [5.74, 6) is 1.23. The lowest BCUT2D eigenvalue weighted by molar-refractivity contribution is 0.531. The Morgan fingerprint density at radius 1 is 1.69 bits per heavy atom. The molecule has 2 unspecified atom stereocenters. The number of anilines is 1. The largest absolute Gasteiger partial charge is 0.367 e. The third-order valence-corrected chi connectivity index (χ3v) is 1.90. The van der Waals surface area contributed by atoms with E-state index in [-0.39, 0.29) is 12.0 Å². The highest BCUT2D eigenvalue weighted by Crippen LogP contribution is 2.16. The molecule has 0 bridgehead atoms. The number of nitrogens with one attached hydrogen (secondary N) is 1. The summed E-state index contributed by atoms with van der Waals surface area (Å²) >= 11 is 0. The average Bonchev–Trinajstić information content (AvgIpc) is 2.51. The van der Waals surface area contributed by atoms with Gasteiger partial charge in [-0.15, -0.1) is 11.7 Å². The van der Waals surface area contributed by atoms with E-state index in [4.69, 9.17) is 11.5 Å². The smallest absolute Gasteiger partial charge is 0.239 e. The molecule has 1 heterocycles. The predicted octanol–water partition coefficient (Wildman–Crippen LogP) is 0.599. The highest BCUT2D eigenvalue weighted by Gasteiger charge is 2.12. The Kier molecular flexibility index (Phi) is 3.02. The van der Waals surface area contributed by atoms with Gasteiger partial charge >= 0.3 is 0 Å². The van der Waals surface area contributed by atoms with E-state index in [9.17, 15) is 0 Å². The maximum Gasteiger partial charge on any atom is 0.239 e. The summed E-state index contributed by atoms with van der Waals surface area (Å²) in [5, 5.41) is 6.40. The van der Waals surface area contributed by atoms with Crippen molar-refractivity contribution < 1.29 is 0 Å². The van der Waals surface area contributed by atoms with Crippen molar-refractivity contribution in [2.75, 3.05) is 5.73 Å². The summed E-state index contributed by atoms with van der Waals surface area (Å²) in [4.78, 5) is 3.95. The lowest BCUT2D eigenvalue weighted by atomic mass is 10.0. The zero-order valence-electron chi connectivity index (χ0n) is 7.70. The molecule has 2 atom stereocenters. The van der Waals surface area contributed by atoms with Crippen molar-refractivity contribution in [1.82, 2.24) is 15.2 Å². The molecule has 0 aliphatic rings. The summed E-state index contributed by atoms with van der Waals surface area (Å²) in [5.41, 5.74) is 11.2. The summed E-state index contributed by atoms with van der Waals surface area (Å²) in [6, 6.07) is -0.155. The van der Waals surface area contributed by atoms with Crippen molar-refractivity contribution in [2.24, 2.45) is 11.7 Å². The molecule has 0 saturated heterocycles. The summed E-state index contributed by atoms with van der Waals surface area (Å²) in [6.45, 7) is 5.73. The highest BCUT2D eigenvalue weighted by atomic mass is 15.3. The summed E-state index contributed by atoms with van der Waals surface area (Å²) in [7, 11) is 0. The Hall–Kier alpha value is -1.36. The van der Waals surface area contributed by atoms with Gasteiger partial charge in [0.15, 0.2) is 0 Å². The molecular formula is C8H15N5. The zero-order chi connectivity index (χ0) is 9.84. The molecule has 13 heavy (non-hydrogen) atoms. The highest BCUT2D eigenvalue weighted by molar-refractivity contribution is 5.14. The van der Waals surface area contributed by atoms with Crippen molar-refractivity contribution >= 4 is 5.95 Å². The molecule has 1 rings (SSSR count). The first-order valence-electron chi connectivity index (χ1n) is 4.19. The van der Waals surface area contributed by atoms with E-state index in [0.29, 0.717) is 11.7 Å². The number of allylic oxidation sites excluding steroid dienone is 1. The van der Waals surface area contributed by atoms with Crippen LogP contribution in [0.2, 0.25) is 0 Å². The Morgan fingerprint density at radius 3 is 2.85 bits per heavy atom. The molecule has 0 radical (unpaired) electrons. The van der Waals surface area contributed by atoms with Crippen LogP contribution in [-0.4, -0.2) is 15.2 Å². The number of aromatic amines is 1. The standard InChI is InChI=1S/C8H15N5/c1-3-5(2)4-6(9)7-11-8(10)13-12-7/h3,5-6H,1,4,9H2,2H3,(H3,10,11,12,13). The van der Waals surface area contributed by atoms with Crippen LogP contribution in [0.15, 0.2) is 12.7 Å². The lowest BCUT2D eigenvalue weighted by Crippen LogP contribution is -2.14. The Labute approximate surface area is 77.2 Å². The maximum absolute atomic E-state index is 5.85. The van der Waals surface area contributed by atoms with E-state index in [1.807, 2.05) is 13.0 Å². The van der Waals surface area contributed by atoms with Crippen molar-refractivity contribution in [3.8, 4) is 0 Å². The van der Waals surface area contributed by atoms with Gasteiger partial charge in [0.25, 0.3) is 0 Å². The monoisotopic (exact) mass is 181 g/mol. The van der Waals surface area contributed by atoms with Gasteiger partial charge in [-0.3, -0.25) is 5.10 Å². The molecule has 5 nitrogen and oxygen atoms in total. The van der Waals surface area contributed by atoms with E-state index in [2.05, 4.69) is 21.8 Å². The maximum atomic E-state index is 5.85. The van der Waals surface area contributed by atoms with Crippen LogP contribution in [0.25, 0.3) is 0 Å². The van der Waals surface area contributed by atoms with Crippen LogP contribution in [0.1, 0.15) is 25.2 Å². The Morgan fingerprint density at radius 2 is 2.38 bits per heavy atom. The molecule has 1 aromatic heterocycles. The van der Waals surface area contributed by atoms with E-state index in [0.717, 1.165) is 6.42 Å². The predicted molar refractivity (Wildman–Crippen MR) is 51.7 cm³/mol. The van der Waals surface area contributed by atoms with Gasteiger partial charge in [0.05, 0.1) is 6.04 Å². The quantitative estimate of drug-likeness (QED) is 0.593.